The molecule has 0 bridgehead atoms. The molecular formula is C86H132O42. The van der Waals surface area contributed by atoms with Crippen molar-refractivity contribution in [2.24, 2.45) is 50.2 Å². The number of aliphatic hydroxyl groups is 21. The molecule has 8 saturated heterocycles. The molecule has 0 amide bonds. The minimum atomic E-state index is -2.11. The van der Waals surface area contributed by atoms with Gasteiger partial charge in [-0.25, -0.2) is 4.79 Å². The first-order chi connectivity index (χ1) is 60.3. The number of carbonyl (C=O) groups excluding carboxylic acids is 2. The van der Waals surface area contributed by atoms with Gasteiger partial charge in [-0.1, -0.05) is 66.2 Å². The number of allylic oxidation sites excluding steroid dienone is 2. The normalized spacial score (nSPS) is 50.2. The summed E-state index contributed by atoms with van der Waals surface area (Å²) in [6.45, 7) is 14.1. The highest BCUT2D eigenvalue weighted by Crippen LogP contribution is 2.76. The Balaban J connectivity index is 0.594. The number of esters is 2. The van der Waals surface area contributed by atoms with Crippen molar-refractivity contribution in [3.8, 4) is 11.5 Å². The summed E-state index contributed by atoms with van der Waals surface area (Å²) in [6, 6.07) is 4.20. The fourth-order valence-electron chi connectivity index (χ4n) is 22.9. The minimum Gasteiger partial charge on any atom is -0.504 e. The lowest BCUT2D eigenvalue weighted by Crippen LogP contribution is -2.67. The minimum absolute atomic E-state index is 0.0246. The van der Waals surface area contributed by atoms with Crippen LogP contribution in [0, 0.1) is 50.2 Å². The average molecular weight is 1840 g/mol. The summed E-state index contributed by atoms with van der Waals surface area (Å²) in [5.41, 5.74) is -1.57. The van der Waals surface area contributed by atoms with Crippen LogP contribution in [0.4, 0.5) is 0 Å². The lowest BCUT2D eigenvalue weighted by atomic mass is 9.33. The maximum Gasteiger partial charge on any atom is 0.331 e. The molecule has 0 radical (unpaired) electrons. The van der Waals surface area contributed by atoms with Crippen molar-refractivity contribution in [1.29, 1.82) is 0 Å². The summed E-state index contributed by atoms with van der Waals surface area (Å²) >= 11 is 0. The Hall–Kier alpha value is -4.20. The number of benzene rings is 1. The number of hydrogen-bond acceptors (Lipinski definition) is 42. The lowest BCUT2D eigenvalue weighted by Gasteiger charge is -2.71. The van der Waals surface area contributed by atoms with Crippen LogP contribution in [0.25, 0.3) is 6.08 Å². The topological polar surface area (TPSA) is 645 Å². The van der Waals surface area contributed by atoms with Crippen molar-refractivity contribution in [2.45, 2.75) is 366 Å². The van der Waals surface area contributed by atoms with Crippen molar-refractivity contribution in [3.05, 3.63) is 41.5 Å². The van der Waals surface area contributed by atoms with Crippen LogP contribution in [-0.4, -0.2) is 411 Å². The average Bonchev–Trinajstić information content (AvgIpc) is 0.672. The third kappa shape index (κ3) is 18.5. The number of ether oxygens (including phenoxy) is 18. The van der Waals surface area contributed by atoms with E-state index >= 15 is 4.79 Å². The quantitative estimate of drug-likeness (QED) is 0.0199. The molecule has 8 aliphatic heterocycles. The van der Waals surface area contributed by atoms with Crippen molar-refractivity contribution < 1.29 is 207 Å². The number of methoxy groups -OCH3 is 1. The Morgan fingerprint density at radius 2 is 1.02 bits per heavy atom. The van der Waals surface area contributed by atoms with Gasteiger partial charge in [0.15, 0.2) is 61.6 Å². The van der Waals surface area contributed by atoms with Gasteiger partial charge in [0.2, 0.25) is 6.29 Å². The number of rotatable bonds is 24. The first-order valence-corrected chi connectivity index (χ1v) is 44.3. The number of phenolic OH excluding ortho intramolecular Hbond substituents is 1. The fraction of sp³-hybridized carbons (Fsp3) is 0.860. The van der Waals surface area contributed by atoms with Gasteiger partial charge in [0.05, 0.1) is 70.5 Å². The first kappa shape index (κ1) is 99.8. The van der Waals surface area contributed by atoms with Crippen LogP contribution in [0.3, 0.4) is 0 Å². The molecule has 46 atom stereocenters. The predicted molar refractivity (Wildman–Crippen MR) is 426 cm³/mol. The van der Waals surface area contributed by atoms with Crippen molar-refractivity contribution >= 4 is 18.0 Å². The fourth-order valence-corrected chi connectivity index (χ4v) is 22.9. The monoisotopic (exact) mass is 1840 g/mol. The van der Waals surface area contributed by atoms with Gasteiger partial charge in [-0.2, -0.15) is 0 Å². The Labute approximate surface area is 738 Å². The molecule has 14 rings (SSSR count). The van der Waals surface area contributed by atoms with Crippen LogP contribution in [-0.2, 0) is 90.1 Å². The first-order valence-electron chi connectivity index (χ1n) is 44.3. The molecule has 0 aromatic heterocycles. The molecule has 13 aliphatic rings. The Kier molecular flexibility index (Phi) is 30.5. The SMILES string of the molecule is COc1ccc(C=CC(=O)O[C@H]2[C@H](O[C@H]3[C@H](O)[C@@H](O)[C@H](O[C@@H]4CO[C@@H](O[C@@H]5[C@@H](O)[C@H](C)O[C@@H](O[C@H]6[C@H](O[C@@H]7CC[C@]8(C)[C@H]9CC=C%10C%11CC(C)(C)CC[C@]%11(C(=O)O[C@@H]%11O[C@H](CO[C@@H]%12O[C@H](CO)[C@@H](O[C@@H]%13O[C@@H](C)[C@H](O)[C@@H](O)[C@H]%13O)[C@H](O)[C@H]%12O)[C@@H](O)[C@H](O)[C@H]%11O)CC[C@@]%10(C)[C@]9(C)CC[C@H]8C7(C)C)OC[C@H](O)[C@@H]6O)[C@@H]5O)[C@H](O)[C@@H]4O)O[C@@H]3CO)O[C@H](CO)[C@@H](O)[C@@H]2O)cc1O. The summed E-state index contributed by atoms with van der Waals surface area (Å²) in [5.74, 6) is -2.08. The van der Waals surface area contributed by atoms with E-state index < -0.39 is 301 Å². The third-order valence-corrected chi connectivity index (χ3v) is 30.9. The van der Waals surface area contributed by atoms with Crippen LogP contribution in [0.1, 0.15) is 132 Å². The van der Waals surface area contributed by atoms with E-state index in [4.69, 9.17) is 85.3 Å². The van der Waals surface area contributed by atoms with Gasteiger partial charge in [0, 0.05) is 6.08 Å². The molecule has 42 heteroatoms. The standard InChI is InChI=1S/C86H132O42/c1-33-50(93)56(99)62(105)74(115-33)124-67-42(28-88)118-72(64(107)59(67)102)113-31-44-54(97)57(100)63(106)76(121-44)128-80(110)86-23-21-81(3,4)26-37(86)36-13-15-47-83(7)19-18-48(82(5,6)46(83)17-20-85(47,9)84(36,8)22-24-86)122-78-70(52(95)39(91)30-112-78)127-77-66(109)69(51(94)34(2)116-77)126-73-61(104)55(98)45(32-114-73)120-75-65(108)60(103)68(43(29-89)119-75)125-79-71(58(101)53(96)41(27-87)117-79)123-49(92)16-12-35-11-14-40(111-10)38(90)25-35/h11-14,16,25,33-34,37,39,41-48,50-79,87-91,93-109H,15,17-24,26-32H2,1-10H3/t33-,34-,37?,39-,41+,42+,43+,44+,45+,46-,47+,48+,50-,51-,52-,53+,54+,55+,56+,57-,58-,59+,60+,61+,62+,63+,64+,65+,66+,67+,68+,69+,70+,71+,72+,73-,74-,75-,76-,77-,78-,79-,83-,84+,85+,86-/m0/s1. The predicted octanol–water partition coefficient (Wildman–Crippen LogP) is -5.43. The van der Waals surface area contributed by atoms with Crippen LogP contribution < -0.4 is 4.74 Å². The van der Waals surface area contributed by atoms with E-state index in [-0.39, 0.29) is 52.1 Å². The van der Waals surface area contributed by atoms with E-state index in [1.807, 2.05) is 0 Å². The van der Waals surface area contributed by atoms with Gasteiger partial charge in [-0.15, -0.1) is 0 Å². The molecule has 42 nitrogen and oxygen atoms in total. The smallest absolute Gasteiger partial charge is 0.331 e. The molecule has 1 unspecified atom stereocenters. The highest BCUT2D eigenvalue weighted by atomic mass is 16.8. The largest absolute Gasteiger partial charge is 0.504 e. The number of fused-ring (bicyclic) bond motifs is 7. The van der Waals surface area contributed by atoms with Gasteiger partial charge in [0.1, 0.15) is 165 Å². The van der Waals surface area contributed by atoms with E-state index in [9.17, 15) is 117 Å². The molecule has 1 aromatic carbocycles. The molecule has 1 aromatic rings. The maximum absolute atomic E-state index is 15.4. The second-order valence-electron chi connectivity index (χ2n) is 39.3. The van der Waals surface area contributed by atoms with Crippen LogP contribution in [0.15, 0.2) is 35.9 Å². The molecule has 728 valence electrons. The number of aromatic hydroxyl groups is 1. The van der Waals surface area contributed by atoms with Gasteiger partial charge in [0.25, 0.3) is 0 Å². The Morgan fingerprint density at radius 1 is 0.469 bits per heavy atom. The second kappa shape index (κ2) is 39.1. The highest BCUT2D eigenvalue weighted by Gasteiger charge is 2.71. The zero-order valence-electron chi connectivity index (χ0n) is 73.0. The Morgan fingerprint density at radius 3 is 1.68 bits per heavy atom. The van der Waals surface area contributed by atoms with Crippen LogP contribution in [0.2, 0.25) is 0 Å². The summed E-state index contributed by atoms with van der Waals surface area (Å²) in [6.07, 6.45) is -56.2. The maximum atomic E-state index is 15.4. The molecule has 0 spiro atoms. The van der Waals surface area contributed by atoms with Crippen molar-refractivity contribution in [3.63, 3.8) is 0 Å². The van der Waals surface area contributed by atoms with E-state index in [2.05, 4.69) is 54.5 Å². The molecule has 22 N–H and O–H groups in total. The molecule has 4 saturated carbocycles. The lowest BCUT2D eigenvalue weighted by molar-refractivity contribution is -0.386. The summed E-state index contributed by atoms with van der Waals surface area (Å²) in [5, 5.41) is 244. The zero-order valence-corrected chi connectivity index (χ0v) is 73.0. The van der Waals surface area contributed by atoms with Gasteiger partial charge < -0.3 is 198 Å². The third-order valence-electron chi connectivity index (χ3n) is 30.9. The summed E-state index contributed by atoms with van der Waals surface area (Å²) in [4.78, 5) is 28.6. The number of aliphatic hydroxyl groups excluding tert-OH is 21. The van der Waals surface area contributed by atoms with E-state index in [0.29, 0.717) is 56.9 Å². The zero-order chi connectivity index (χ0) is 93.0. The molecule has 12 fully saturated rings. The van der Waals surface area contributed by atoms with E-state index in [0.717, 1.165) is 24.5 Å². The number of hydrogen-bond donors (Lipinski definition) is 22. The molecule has 128 heavy (non-hydrogen) atoms. The Bertz CT molecular complexity index is 3970. The molecular weight excluding hydrogens is 1700 g/mol. The van der Waals surface area contributed by atoms with Crippen molar-refractivity contribution in [2.75, 3.05) is 46.8 Å². The van der Waals surface area contributed by atoms with E-state index in [1.54, 1.807) is 0 Å². The van der Waals surface area contributed by atoms with Gasteiger partial charge in [-0.05, 0) is 147 Å². The van der Waals surface area contributed by atoms with Gasteiger partial charge in [-0.3, -0.25) is 4.79 Å². The van der Waals surface area contributed by atoms with Gasteiger partial charge >= 0.3 is 11.9 Å². The highest BCUT2D eigenvalue weighted by molar-refractivity contribution is 5.87. The number of carbonyl (C=O) groups is 2. The van der Waals surface area contributed by atoms with Crippen LogP contribution in [0.5, 0.6) is 11.5 Å². The summed E-state index contributed by atoms with van der Waals surface area (Å²) in [7, 11) is 1.34. The number of phenols is 1. The van der Waals surface area contributed by atoms with E-state index in [1.165, 1.54) is 45.2 Å². The van der Waals surface area contributed by atoms with Crippen molar-refractivity contribution in [1.82, 2.24) is 0 Å². The van der Waals surface area contributed by atoms with Crippen LogP contribution >= 0.6 is 0 Å². The molecule has 8 heterocycles. The molecule has 5 aliphatic carbocycles. The summed E-state index contributed by atoms with van der Waals surface area (Å²) < 4.78 is 106. The second-order valence-corrected chi connectivity index (χ2v) is 39.3.